The third kappa shape index (κ3) is 3.33. The molecule has 2 aromatic rings. The van der Waals surface area contributed by atoms with Gasteiger partial charge in [-0.1, -0.05) is 18.2 Å². The van der Waals surface area contributed by atoms with Gasteiger partial charge >= 0.3 is 0 Å². The van der Waals surface area contributed by atoms with E-state index in [0.29, 0.717) is 0 Å². The molecule has 1 aromatic heterocycles. The summed E-state index contributed by atoms with van der Waals surface area (Å²) >= 11 is 1.75. The van der Waals surface area contributed by atoms with E-state index in [2.05, 4.69) is 30.2 Å². The zero-order valence-electron chi connectivity index (χ0n) is 11.9. The van der Waals surface area contributed by atoms with Crippen LogP contribution in [0.25, 0.3) is 0 Å². The minimum absolute atomic E-state index is 0.245. The summed E-state index contributed by atoms with van der Waals surface area (Å²) < 4.78 is 5.36. The van der Waals surface area contributed by atoms with Crippen LogP contribution in [0.3, 0.4) is 0 Å². The van der Waals surface area contributed by atoms with Crippen LogP contribution in [0, 0.1) is 13.8 Å². The van der Waals surface area contributed by atoms with Crippen LogP contribution in [-0.2, 0) is 6.54 Å². The van der Waals surface area contributed by atoms with E-state index in [1.165, 1.54) is 10.4 Å². The van der Waals surface area contributed by atoms with Crippen LogP contribution in [0.15, 0.2) is 24.3 Å². The first-order valence-electron chi connectivity index (χ1n) is 6.41. The molecule has 1 aromatic carbocycles. The molecule has 0 aliphatic carbocycles. The molecule has 1 unspecified atom stereocenters. The summed E-state index contributed by atoms with van der Waals surface area (Å²) in [4.78, 5) is 5.88. The molecule has 0 bridgehead atoms. The van der Waals surface area contributed by atoms with Crippen molar-refractivity contribution in [3.05, 3.63) is 45.4 Å². The lowest BCUT2D eigenvalue weighted by atomic mass is 10.1. The van der Waals surface area contributed by atoms with Crippen LogP contribution in [0.1, 0.15) is 34.1 Å². The van der Waals surface area contributed by atoms with Crippen LogP contribution >= 0.6 is 11.3 Å². The van der Waals surface area contributed by atoms with Gasteiger partial charge < -0.3 is 10.1 Å². The lowest BCUT2D eigenvalue weighted by Crippen LogP contribution is -2.19. The van der Waals surface area contributed by atoms with Crippen molar-refractivity contribution in [2.75, 3.05) is 7.11 Å². The van der Waals surface area contributed by atoms with E-state index in [4.69, 9.17) is 4.74 Å². The van der Waals surface area contributed by atoms with Gasteiger partial charge in [0.05, 0.1) is 17.8 Å². The summed E-state index contributed by atoms with van der Waals surface area (Å²) in [5.41, 5.74) is 2.32. The molecule has 0 aliphatic heterocycles. The Morgan fingerprint density at radius 1 is 1.32 bits per heavy atom. The van der Waals surface area contributed by atoms with E-state index < -0.39 is 0 Å². The largest absolute Gasteiger partial charge is 0.496 e. The maximum Gasteiger partial charge on any atom is 0.123 e. The fourth-order valence-electron chi connectivity index (χ4n) is 2.16. The summed E-state index contributed by atoms with van der Waals surface area (Å²) in [5.74, 6) is 0.924. The molecule has 4 heteroatoms. The predicted molar refractivity (Wildman–Crippen MR) is 79.8 cm³/mol. The molecule has 1 N–H and O–H groups in total. The van der Waals surface area contributed by atoms with Crippen LogP contribution in [0.2, 0.25) is 0 Å². The SMILES string of the molecule is COc1ccccc1CNC(C)c1nc(C)sc1C. The fourth-order valence-corrected chi connectivity index (χ4v) is 3.07. The summed E-state index contributed by atoms with van der Waals surface area (Å²) in [6.45, 7) is 7.10. The normalized spacial score (nSPS) is 12.4. The molecule has 0 fully saturated rings. The summed E-state index contributed by atoms with van der Waals surface area (Å²) in [6.07, 6.45) is 0. The number of ether oxygens (including phenoxy) is 1. The highest BCUT2D eigenvalue weighted by molar-refractivity contribution is 7.11. The Hall–Kier alpha value is -1.39. The Morgan fingerprint density at radius 2 is 2.05 bits per heavy atom. The topological polar surface area (TPSA) is 34.1 Å². The predicted octanol–water partition coefficient (Wildman–Crippen LogP) is 3.62. The van der Waals surface area contributed by atoms with Crippen molar-refractivity contribution in [2.45, 2.75) is 33.4 Å². The Morgan fingerprint density at radius 3 is 2.68 bits per heavy atom. The third-order valence-corrected chi connectivity index (χ3v) is 4.04. The Balaban J connectivity index is 2.04. The van der Waals surface area contributed by atoms with E-state index in [1.54, 1.807) is 18.4 Å². The maximum absolute atomic E-state index is 5.36. The lowest BCUT2D eigenvalue weighted by molar-refractivity contribution is 0.406. The molecule has 19 heavy (non-hydrogen) atoms. The number of para-hydroxylation sites is 1. The van der Waals surface area contributed by atoms with E-state index in [1.807, 2.05) is 25.1 Å². The van der Waals surface area contributed by atoms with Crippen molar-refractivity contribution in [1.29, 1.82) is 0 Å². The highest BCUT2D eigenvalue weighted by Gasteiger charge is 2.13. The van der Waals surface area contributed by atoms with Crippen molar-refractivity contribution in [3.63, 3.8) is 0 Å². The molecule has 2 rings (SSSR count). The first-order chi connectivity index (χ1) is 9.11. The minimum atomic E-state index is 0.245. The van der Waals surface area contributed by atoms with Gasteiger partial charge in [0, 0.05) is 23.0 Å². The second-order valence-electron chi connectivity index (χ2n) is 4.59. The van der Waals surface area contributed by atoms with E-state index in [0.717, 1.165) is 23.0 Å². The molecule has 0 spiro atoms. The van der Waals surface area contributed by atoms with Gasteiger partial charge in [-0.05, 0) is 26.8 Å². The molecule has 0 radical (unpaired) electrons. The van der Waals surface area contributed by atoms with Gasteiger partial charge in [-0.3, -0.25) is 0 Å². The van der Waals surface area contributed by atoms with E-state index >= 15 is 0 Å². The molecular formula is C15H20N2OS. The first kappa shape index (κ1) is 14.0. The standard InChI is InChI=1S/C15H20N2OS/c1-10(15-11(2)19-12(3)17-15)16-9-13-7-5-6-8-14(13)18-4/h5-8,10,16H,9H2,1-4H3. The van der Waals surface area contributed by atoms with Crippen LogP contribution in [-0.4, -0.2) is 12.1 Å². The molecule has 0 saturated carbocycles. The number of aromatic nitrogens is 1. The Labute approximate surface area is 118 Å². The summed E-state index contributed by atoms with van der Waals surface area (Å²) in [7, 11) is 1.70. The van der Waals surface area contributed by atoms with Gasteiger partial charge in [0.2, 0.25) is 0 Å². The number of nitrogens with one attached hydrogen (secondary N) is 1. The second kappa shape index (κ2) is 6.17. The molecule has 0 aliphatic rings. The highest BCUT2D eigenvalue weighted by atomic mass is 32.1. The van der Waals surface area contributed by atoms with Crippen molar-refractivity contribution in [1.82, 2.24) is 10.3 Å². The monoisotopic (exact) mass is 276 g/mol. The van der Waals surface area contributed by atoms with Crippen molar-refractivity contribution in [2.24, 2.45) is 0 Å². The van der Waals surface area contributed by atoms with Gasteiger partial charge in [0.15, 0.2) is 0 Å². The molecule has 0 saturated heterocycles. The highest BCUT2D eigenvalue weighted by Crippen LogP contribution is 2.23. The van der Waals surface area contributed by atoms with Crippen LogP contribution < -0.4 is 10.1 Å². The number of nitrogens with zero attached hydrogens (tertiary/aromatic N) is 1. The lowest BCUT2D eigenvalue weighted by Gasteiger charge is -2.14. The summed E-state index contributed by atoms with van der Waals surface area (Å²) in [6, 6.07) is 8.33. The fraction of sp³-hybridized carbons (Fsp3) is 0.400. The van der Waals surface area contributed by atoms with Gasteiger partial charge in [0.25, 0.3) is 0 Å². The van der Waals surface area contributed by atoms with Crippen molar-refractivity contribution < 1.29 is 4.74 Å². The van der Waals surface area contributed by atoms with Gasteiger partial charge in [-0.2, -0.15) is 0 Å². The zero-order valence-corrected chi connectivity index (χ0v) is 12.7. The number of thiazole rings is 1. The molecular weight excluding hydrogens is 256 g/mol. The van der Waals surface area contributed by atoms with Crippen LogP contribution in [0.5, 0.6) is 5.75 Å². The van der Waals surface area contributed by atoms with Gasteiger partial charge in [-0.25, -0.2) is 4.98 Å². The van der Waals surface area contributed by atoms with Gasteiger partial charge in [0.1, 0.15) is 5.75 Å². The molecule has 3 nitrogen and oxygen atoms in total. The maximum atomic E-state index is 5.36. The number of rotatable bonds is 5. The third-order valence-electron chi connectivity index (χ3n) is 3.14. The number of methoxy groups -OCH3 is 1. The number of benzene rings is 1. The number of aryl methyl sites for hydroxylation is 2. The summed E-state index contributed by atoms with van der Waals surface area (Å²) in [5, 5.41) is 4.63. The zero-order chi connectivity index (χ0) is 13.8. The second-order valence-corrected chi connectivity index (χ2v) is 6.00. The number of hydrogen-bond donors (Lipinski definition) is 1. The Kier molecular flexibility index (Phi) is 4.56. The van der Waals surface area contributed by atoms with E-state index in [-0.39, 0.29) is 6.04 Å². The molecule has 0 amide bonds. The Bertz CT molecular complexity index is 551. The van der Waals surface area contributed by atoms with Crippen molar-refractivity contribution >= 4 is 11.3 Å². The quantitative estimate of drug-likeness (QED) is 0.905. The van der Waals surface area contributed by atoms with Gasteiger partial charge in [-0.15, -0.1) is 11.3 Å². The smallest absolute Gasteiger partial charge is 0.123 e. The van der Waals surface area contributed by atoms with E-state index in [9.17, 15) is 0 Å². The van der Waals surface area contributed by atoms with Crippen molar-refractivity contribution in [3.8, 4) is 5.75 Å². The molecule has 1 atom stereocenters. The number of hydrogen-bond acceptors (Lipinski definition) is 4. The molecule has 102 valence electrons. The molecule has 1 heterocycles. The van der Waals surface area contributed by atoms with Crippen LogP contribution in [0.4, 0.5) is 0 Å². The minimum Gasteiger partial charge on any atom is -0.496 e. The first-order valence-corrected chi connectivity index (χ1v) is 7.22. The average Bonchev–Trinajstić information content (AvgIpc) is 2.75. The average molecular weight is 276 g/mol.